The van der Waals surface area contributed by atoms with Gasteiger partial charge < -0.3 is 1.43 Å². The van der Waals surface area contributed by atoms with E-state index in [1.165, 1.54) is 0 Å². The van der Waals surface area contributed by atoms with Crippen molar-refractivity contribution in [2.45, 2.75) is 0 Å². The molecule has 0 saturated carbocycles. The first-order valence-electron chi connectivity index (χ1n) is 0.447. The molecule has 0 aromatic rings. The van der Waals surface area contributed by atoms with E-state index >= 15 is 0 Å². The Kier molecular flexibility index (Phi) is 76.8. The number of hydrogen-bond acceptors (Lipinski definition) is 0. The van der Waals surface area contributed by atoms with E-state index in [0.29, 0.717) is 0 Å². The summed E-state index contributed by atoms with van der Waals surface area (Å²) < 4.78 is 0. The molecule has 2 radical (unpaired) electrons. The quantitative estimate of drug-likeness (QED) is 0.326. The largest absolute Gasteiger partial charge is 0 e. The molecule has 0 bridgehead atoms. The normalized spacial score (nSPS) is 1.75. The molecular weight excluding hydrogens is 172 g/mol. The van der Waals surface area contributed by atoms with Gasteiger partial charge in [0.1, 0.15) is 0 Å². The maximum Gasteiger partial charge on any atom is 0 e. The molecule has 16 valence electrons. The van der Waals surface area contributed by atoms with Crippen LogP contribution >= 0.6 is 0 Å². The van der Waals surface area contributed by atoms with Crippen LogP contribution < -0.4 is 18.9 Å². The van der Waals surface area contributed by atoms with Crippen molar-refractivity contribution in [3.63, 3.8) is 0 Å². The minimum absolute atomic E-state index is 0. The molecule has 0 nitrogen and oxygen atoms in total. The molecule has 0 rings (SSSR count). The van der Waals surface area contributed by atoms with Crippen LogP contribution in [0.5, 0.6) is 0 Å². The van der Waals surface area contributed by atoms with Crippen molar-refractivity contribution in [1.82, 2.24) is 0 Å². The van der Waals surface area contributed by atoms with Crippen molar-refractivity contribution in [3.8, 4) is 0 Å². The van der Waals surface area contributed by atoms with E-state index in [-0.39, 0.29) is 37.4 Å². The van der Waals surface area contributed by atoms with Gasteiger partial charge in [-0.15, -0.1) is 0 Å². The second-order valence-electron chi connectivity index (χ2n) is 0. The fourth-order valence-electron chi connectivity index (χ4n) is 0. The summed E-state index contributed by atoms with van der Waals surface area (Å²) in [6, 6.07) is 0. The van der Waals surface area contributed by atoms with Crippen molar-refractivity contribution in [2.75, 3.05) is 0 Å². The van der Waals surface area contributed by atoms with Gasteiger partial charge in [0.25, 0.3) is 0 Å². The summed E-state index contributed by atoms with van der Waals surface area (Å²) in [6.07, 6.45) is 0. The Morgan fingerprint density at radius 3 is 1.50 bits per heavy atom. The molecule has 0 spiro atoms. The maximum absolute atomic E-state index is 2.31. The van der Waals surface area contributed by atoms with Gasteiger partial charge in [0.15, 0.2) is 0 Å². The Morgan fingerprint density at radius 2 is 1.50 bits per heavy atom. The van der Waals surface area contributed by atoms with Gasteiger partial charge in [-0.1, -0.05) is 0 Å². The molecule has 0 aromatic carbocycles. The third-order valence-corrected chi connectivity index (χ3v) is 0. The Bertz CT molecular complexity index is 7.61. The van der Waals surface area contributed by atoms with Crippen molar-refractivity contribution >= 4 is 46.7 Å². The zero-order valence-corrected chi connectivity index (χ0v) is 6.45. The molecule has 0 aliphatic carbocycles. The summed E-state index contributed by atoms with van der Waals surface area (Å²) in [5.41, 5.74) is 0. The molecule has 4 heavy (non-hydrogen) atoms. The van der Waals surface area contributed by atoms with Crippen molar-refractivity contribution < 1.29 is 20.3 Å². The van der Waals surface area contributed by atoms with Crippen LogP contribution in [0.1, 0.15) is 1.43 Å². The van der Waals surface area contributed by atoms with Gasteiger partial charge in [-0.05, 0) is 0 Å². The average Bonchev–Trinajstić information content (AvgIpc) is 1.00. The molecule has 0 fully saturated rings. The second-order valence-corrected chi connectivity index (χ2v) is 0. The van der Waals surface area contributed by atoms with Crippen LogP contribution in [-0.2, 0) is 0 Å². The number of rotatable bonds is 0. The van der Waals surface area contributed by atoms with Gasteiger partial charge in [-0.3, -0.25) is 0 Å². The van der Waals surface area contributed by atoms with Gasteiger partial charge >= 0.3 is 48.5 Å². The zero-order valence-electron chi connectivity index (χ0n) is 3.86. The summed E-state index contributed by atoms with van der Waals surface area (Å²) in [5, 5.41) is 0. The van der Waals surface area contributed by atoms with Crippen LogP contribution in [0.25, 0.3) is 0 Å². The van der Waals surface area contributed by atoms with Gasteiger partial charge in [-0.2, -0.15) is 0 Å². The molecule has 0 unspecified atom stereocenters. The maximum atomic E-state index is 2.31. The monoisotopic (exact) mass is 176 g/mol. The first-order valence-corrected chi connectivity index (χ1v) is 2.32. The Hall–Kier alpha value is 2.23. The van der Waals surface area contributed by atoms with Crippen LogP contribution in [0.4, 0.5) is 0 Å². The van der Waals surface area contributed by atoms with Crippen molar-refractivity contribution in [1.29, 1.82) is 0 Å². The van der Waals surface area contributed by atoms with Crippen LogP contribution in [-0.4, -0.2) is 46.7 Å². The van der Waals surface area contributed by atoms with E-state index in [9.17, 15) is 0 Å². The van der Waals surface area contributed by atoms with Gasteiger partial charge in [0.05, 0.1) is 0 Å². The molecule has 0 heterocycles. The van der Waals surface area contributed by atoms with E-state index in [1.807, 2.05) is 15.8 Å². The van der Waals surface area contributed by atoms with Gasteiger partial charge in [0.2, 0.25) is 0 Å². The minimum atomic E-state index is 0. The first-order chi connectivity index (χ1) is 1.00. The predicted octanol–water partition coefficient (Wildman–Crippen LogP) is -4.29. The summed E-state index contributed by atoms with van der Waals surface area (Å²) >= 11 is 4.25. The summed E-state index contributed by atoms with van der Waals surface area (Å²) in [4.78, 5) is 0. The van der Waals surface area contributed by atoms with Crippen LogP contribution in [0, 0.1) is 0 Å². The van der Waals surface area contributed by atoms with E-state index in [2.05, 4.69) is 13.8 Å². The third kappa shape index (κ3) is 8.87. The third-order valence-electron chi connectivity index (χ3n) is 0. The van der Waals surface area contributed by atoms with Crippen LogP contribution in [0.2, 0.25) is 0 Å². The molecule has 0 aromatic heterocycles. The van der Waals surface area contributed by atoms with E-state index in [0.717, 1.165) is 0 Å². The first kappa shape index (κ1) is 16.3. The second kappa shape index (κ2) is 18.8. The van der Waals surface area contributed by atoms with E-state index in [1.54, 1.807) is 0 Å². The van der Waals surface area contributed by atoms with Crippen LogP contribution in [0.3, 0.4) is 0 Å². The summed E-state index contributed by atoms with van der Waals surface area (Å²) in [7, 11) is 0. The zero-order chi connectivity index (χ0) is 2.00. The molecule has 0 aliphatic heterocycles. The van der Waals surface area contributed by atoms with Crippen molar-refractivity contribution in [3.05, 3.63) is 0 Å². The average molecular weight is 174 g/mol. The molecule has 4 heteroatoms. The molecule has 0 saturated heterocycles. The van der Waals surface area contributed by atoms with Crippen LogP contribution in [0.15, 0.2) is 0 Å². The minimum Gasteiger partial charge on any atom is 0 e. The standard InChI is InChI=1S/2Li.H2Se.Se.H/h;;1H2;;/q2*+1;;;-1/p-1. The Morgan fingerprint density at radius 1 is 1.50 bits per heavy atom. The fraction of sp³-hybridized carbons (Fsp3) is 0. The SMILES string of the molecule is [H-].[Li+].[Li][SeH].[Se]. The fourth-order valence-corrected chi connectivity index (χ4v) is 0. The number of hydrogen-bond donors (Lipinski definition) is 0. The molecule has 0 amide bonds. The molecule has 0 N–H and O–H groups in total. The summed E-state index contributed by atoms with van der Waals surface area (Å²) in [6.45, 7) is 0. The van der Waals surface area contributed by atoms with E-state index in [4.69, 9.17) is 0 Å². The molecular formula is H2Li2Se2. The topological polar surface area (TPSA) is 0 Å². The smallest absolute Gasteiger partial charge is 0 e. The van der Waals surface area contributed by atoms with Crippen molar-refractivity contribution in [2.24, 2.45) is 0 Å². The van der Waals surface area contributed by atoms with E-state index < -0.39 is 0 Å². The molecule has 0 atom stereocenters. The Balaban J connectivity index is -0.00000000167. The predicted molar refractivity (Wildman–Crippen MR) is 19.8 cm³/mol. The van der Waals surface area contributed by atoms with Gasteiger partial charge in [-0.25, -0.2) is 0 Å². The summed E-state index contributed by atoms with van der Waals surface area (Å²) in [5.74, 6) is 0. The van der Waals surface area contributed by atoms with Gasteiger partial charge in [0, 0.05) is 17.1 Å². The Labute approximate surface area is 66.3 Å². The molecule has 0 aliphatic rings.